The average molecular weight is 413 g/mol. The number of likely N-dealkylation sites (tertiary alicyclic amines) is 1. The Hall–Kier alpha value is -3.20. The maximum atomic E-state index is 9.56. The summed E-state index contributed by atoms with van der Waals surface area (Å²) < 4.78 is 18.1. The highest BCUT2D eigenvalue weighted by Crippen LogP contribution is 2.39. The quantitative estimate of drug-likeness (QED) is 0.718. The van der Waals surface area contributed by atoms with E-state index >= 15 is 0 Å². The molecule has 0 aliphatic carbocycles. The summed E-state index contributed by atoms with van der Waals surface area (Å²) in [5.41, 5.74) is 1.97. The highest BCUT2D eigenvalue weighted by atomic mass is 16.5. The number of amidine groups is 1. The number of anilines is 1. The molecule has 9 nitrogen and oxygen atoms in total. The van der Waals surface area contributed by atoms with E-state index in [-0.39, 0.29) is 12.6 Å². The van der Waals surface area contributed by atoms with Gasteiger partial charge in [-0.1, -0.05) is 0 Å². The standard InChI is InChI=1S/C21H27N5O4/c1-28-17-7-15(8-18(29-2)21(17)30-3)25-11-20(23-13-25)24-19-9-16(10-22-19)26-6-4-5-14(26)12-27/h7-9,11,13-14,27H,4-6,10,12H2,1-3H3,(H,22,24). The van der Waals surface area contributed by atoms with E-state index in [1.54, 1.807) is 27.7 Å². The Morgan fingerprint density at radius 1 is 1.17 bits per heavy atom. The molecule has 0 saturated carbocycles. The Morgan fingerprint density at radius 2 is 1.93 bits per heavy atom. The van der Waals surface area contributed by atoms with Crippen molar-refractivity contribution in [2.45, 2.75) is 18.9 Å². The molecule has 2 aromatic rings. The molecule has 0 spiro atoms. The van der Waals surface area contributed by atoms with Crippen LogP contribution in [0.2, 0.25) is 0 Å². The monoisotopic (exact) mass is 413 g/mol. The van der Waals surface area contributed by atoms with E-state index in [2.05, 4.69) is 20.2 Å². The number of imidazole rings is 1. The van der Waals surface area contributed by atoms with Gasteiger partial charge in [0, 0.05) is 30.5 Å². The number of aliphatic hydroxyl groups is 1. The van der Waals surface area contributed by atoms with Gasteiger partial charge in [-0.3, -0.25) is 4.99 Å². The van der Waals surface area contributed by atoms with Gasteiger partial charge in [0.25, 0.3) is 0 Å². The third-order valence-corrected chi connectivity index (χ3v) is 5.46. The summed E-state index contributed by atoms with van der Waals surface area (Å²) in [6, 6.07) is 3.92. The lowest BCUT2D eigenvalue weighted by molar-refractivity contribution is 0.186. The van der Waals surface area contributed by atoms with Crippen LogP contribution in [0.25, 0.3) is 5.69 Å². The molecular weight excluding hydrogens is 386 g/mol. The van der Waals surface area contributed by atoms with Gasteiger partial charge in [0.2, 0.25) is 5.75 Å². The van der Waals surface area contributed by atoms with E-state index < -0.39 is 0 Å². The second-order valence-electron chi connectivity index (χ2n) is 7.18. The number of methoxy groups -OCH3 is 3. The Bertz CT molecular complexity index is 943. The Balaban J connectivity index is 1.50. The maximum Gasteiger partial charge on any atom is 0.203 e. The summed E-state index contributed by atoms with van der Waals surface area (Å²) in [7, 11) is 4.76. The van der Waals surface area contributed by atoms with E-state index in [1.165, 1.54) is 0 Å². The van der Waals surface area contributed by atoms with Crippen molar-refractivity contribution in [3.05, 3.63) is 36.4 Å². The molecule has 2 N–H and O–H groups in total. The molecule has 2 aliphatic rings. The Labute approximate surface area is 175 Å². The molecular formula is C21H27N5O4. The van der Waals surface area contributed by atoms with Crippen molar-refractivity contribution in [3.8, 4) is 22.9 Å². The SMILES string of the molecule is COc1cc(-n2cnc(NC3=NCC(N4CCCC4CO)=C3)c2)cc(OC)c1OC. The van der Waals surface area contributed by atoms with Crippen LogP contribution in [0.15, 0.2) is 41.4 Å². The van der Waals surface area contributed by atoms with Gasteiger partial charge in [0.15, 0.2) is 11.5 Å². The zero-order chi connectivity index (χ0) is 21.1. The van der Waals surface area contributed by atoms with Crippen molar-refractivity contribution in [2.75, 3.05) is 46.3 Å². The van der Waals surface area contributed by atoms with E-state index in [9.17, 15) is 5.11 Å². The fraction of sp³-hybridized carbons (Fsp3) is 0.429. The van der Waals surface area contributed by atoms with Gasteiger partial charge >= 0.3 is 0 Å². The summed E-state index contributed by atoms with van der Waals surface area (Å²) >= 11 is 0. The van der Waals surface area contributed by atoms with Crippen LogP contribution in [0.1, 0.15) is 12.8 Å². The largest absolute Gasteiger partial charge is 0.493 e. The number of aliphatic hydroxyl groups excluding tert-OH is 1. The molecule has 3 heterocycles. The Morgan fingerprint density at radius 3 is 2.60 bits per heavy atom. The van der Waals surface area contributed by atoms with Gasteiger partial charge in [0.05, 0.1) is 52.4 Å². The van der Waals surface area contributed by atoms with E-state index in [0.29, 0.717) is 29.6 Å². The fourth-order valence-corrected chi connectivity index (χ4v) is 3.94. The third-order valence-electron chi connectivity index (χ3n) is 5.46. The minimum absolute atomic E-state index is 0.180. The van der Waals surface area contributed by atoms with Gasteiger partial charge in [-0.2, -0.15) is 0 Å². The summed E-state index contributed by atoms with van der Waals surface area (Å²) in [4.78, 5) is 11.3. The first-order valence-corrected chi connectivity index (χ1v) is 9.90. The van der Waals surface area contributed by atoms with Crippen LogP contribution in [0.3, 0.4) is 0 Å². The van der Waals surface area contributed by atoms with Crippen molar-refractivity contribution in [3.63, 3.8) is 0 Å². The smallest absolute Gasteiger partial charge is 0.203 e. The first kappa shape index (κ1) is 20.1. The number of rotatable bonds is 7. The number of benzene rings is 1. The molecule has 2 aliphatic heterocycles. The summed E-state index contributed by atoms with van der Waals surface area (Å²) in [5.74, 6) is 3.14. The third kappa shape index (κ3) is 3.80. The van der Waals surface area contributed by atoms with Crippen LogP contribution >= 0.6 is 0 Å². The van der Waals surface area contributed by atoms with Crippen LogP contribution in [0.5, 0.6) is 17.2 Å². The first-order chi connectivity index (χ1) is 14.7. The molecule has 1 aromatic carbocycles. The number of hydrogen-bond donors (Lipinski definition) is 2. The lowest BCUT2D eigenvalue weighted by Crippen LogP contribution is -2.32. The highest BCUT2D eigenvalue weighted by molar-refractivity contribution is 6.05. The molecule has 0 amide bonds. The normalized spacial score (nSPS) is 18.3. The molecule has 4 rings (SSSR count). The second-order valence-corrected chi connectivity index (χ2v) is 7.18. The lowest BCUT2D eigenvalue weighted by Gasteiger charge is -2.25. The molecule has 0 bridgehead atoms. The van der Waals surface area contributed by atoms with Gasteiger partial charge in [0.1, 0.15) is 18.0 Å². The molecule has 1 fully saturated rings. The van der Waals surface area contributed by atoms with Crippen LogP contribution in [-0.2, 0) is 0 Å². The fourth-order valence-electron chi connectivity index (χ4n) is 3.94. The van der Waals surface area contributed by atoms with Gasteiger partial charge < -0.3 is 34.1 Å². The minimum atomic E-state index is 0.180. The zero-order valence-electron chi connectivity index (χ0n) is 17.5. The number of hydrogen-bond acceptors (Lipinski definition) is 8. The lowest BCUT2D eigenvalue weighted by atomic mass is 10.2. The molecule has 160 valence electrons. The van der Waals surface area contributed by atoms with Crippen molar-refractivity contribution in [1.29, 1.82) is 0 Å². The summed E-state index contributed by atoms with van der Waals surface area (Å²) in [5, 5.41) is 12.8. The molecule has 1 aromatic heterocycles. The predicted octanol–water partition coefficient (Wildman–Crippen LogP) is 2.06. The number of aliphatic imine (C=N–C) groups is 1. The van der Waals surface area contributed by atoms with Crippen molar-refractivity contribution < 1.29 is 19.3 Å². The van der Waals surface area contributed by atoms with Crippen molar-refractivity contribution in [1.82, 2.24) is 14.5 Å². The van der Waals surface area contributed by atoms with Gasteiger partial charge in [-0.15, -0.1) is 0 Å². The molecule has 1 unspecified atom stereocenters. The van der Waals surface area contributed by atoms with Crippen LogP contribution in [0, 0.1) is 0 Å². The average Bonchev–Trinajstić information content (AvgIpc) is 3.53. The van der Waals surface area contributed by atoms with Crippen molar-refractivity contribution >= 4 is 11.7 Å². The Kier molecular flexibility index (Phi) is 5.80. The first-order valence-electron chi connectivity index (χ1n) is 9.90. The molecule has 1 atom stereocenters. The minimum Gasteiger partial charge on any atom is -0.493 e. The van der Waals surface area contributed by atoms with E-state index in [1.807, 2.05) is 29.0 Å². The number of nitrogens with zero attached hydrogens (tertiary/aromatic N) is 4. The van der Waals surface area contributed by atoms with Gasteiger partial charge in [-0.25, -0.2) is 4.98 Å². The predicted molar refractivity (Wildman–Crippen MR) is 114 cm³/mol. The molecule has 1 saturated heterocycles. The zero-order valence-corrected chi connectivity index (χ0v) is 17.5. The summed E-state index contributed by atoms with van der Waals surface area (Å²) in [6.07, 6.45) is 7.75. The number of aromatic nitrogens is 2. The maximum absolute atomic E-state index is 9.56. The van der Waals surface area contributed by atoms with Crippen LogP contribution in [0.4, 0.5) is 5.82 Å². The number of nitrogens with one attached hydrogen (secondary N) is 1. The topological polar surface area (TPSA) is 93.4 Å². The second kappa shape index (κ2) is 8.66. The van der Waals surface area contributed by atoms with Crippen LogP contribution < -0.4 is 19.5 Å². The van der Waals surface area contributed by atoms with Crippen LogP contribution in [-0.4, -0.2) is 72.5 Å². The van der Waals surface area contributed by atoms with E-state index in [0.717, 1.165) is 36.6 Å². The summed E-state index contributed by atoms with van der Waals surface area (Å²) in [6.45, 7) is 1.77. The molecule has 30 heavy (non-hydrogen) atoms. The number of ether oxygens (including phenoxy) is 3. The highest BCUT2D eigenvalue weighted by Gasteiger charge is 2.27. The van der Waals surface area contributed by atoms with E-state index in [4.69, 9.17) is 14.2 Å². The van der Waals surface area contributed by atoms with Crippen molar-refractivity contribution in [2.24, 2.45) is 4.99 Å². The molecule has 0 radical (unpaired) electrons. The van der Waals surface area contributed by atoms with Gasteiger partial charge in [-0.05, 0) is 12.8 Å². The molecule has 9 heteroatoms.